The van der Waals surface area contributed by atoms with Crippen LogP contribution in [0.1, 0.15) is 23.5 Å². The van der Waals surface area contributed by atoms with Crippen molar-refractivity contribution in [1.29, 1.82) is 0 Å². The third-order valence-electron chi connectivity index (χ3n) is 2.73. The molecule has 1 heteroatoms. The first-order valence-electron chi connectivity index (χ1n) is 5.21. The molecule has 2 rings (SSSR count). The topological polar surface area (TPSA) is 0 Å². The molecule has 0 saturated heterocycles. The summed E-state index contributed by atoms with van der Waals surface area (Å²) in [6.45, 7) is 7.54. The average molecular weight is 201 g/mol. The van der Waals surface area contributed by atoms with Gasteiger partial charge in [0.25, 0.3) is 0 Å². The Morgan fingerprint density at radius 2 is 2.00 bits per heavy atom. The number of hydrogen-bond donors (Lipinski definition) is 0. The van der Waals surface area contributed by atoms with E-state index >= 15 is 0 Å². The molecule has 1 aromatic rings. The van der Waals surface area contributed by atoms with Crippen LogP contribution in [0.2, 0.25) is 0 Å². The minimum absolute atomic E-state index is 0. The molecule has 1 aromatic carbocycles. The van der Waals surface area contributed by atoms with Crippen LogP contribution in [0.15, 0.2) is 48.1 Å². The Balaban J connectivity index is 0.00000128. The van der Waals surface area contributed by atoms with Gasteiger partial charge in [-0.05, 0) is 18.4 Å². The van der Waals surface area contributed by atoms with Crippen LogP contribution in [-0.4, -0.2) is 0 Å². The molecule has 0 nitrogen and oxygen atoms in total. The molecule has 76 valence electrons. The number of allylic oxidation sites excluding steroid dienone is 5. The van der Waals surface area contributed by atoms with Gasteiger partial charge < -0.3 is 18.2 Å². The second-order valence-corrected chi connectivity index (χ2v) is 3.89. The van der Waals surface area contributed by atoms with E-state index in [1.54, 1.807) is 6.08 Å². The Morgan fingerprint density at radius 3 is 2.50 bits per heavy atom. The molecule has 0 saturated carbocycles. The van der Waals surface area contributed by atoms with E-state index in [0.717, 1.165) is 12.0 Å². The molecule has 0 radical (unpaired) electrons. The van der Waals surface area contributed by atoms with Crippen LogP contribution in [0.25, 0.3) is 0 Å². The largest absolute Gasteiger partial charge is 1.00 e. The van der Waals surface area contributed by atoms with Gasteiger partial charge in [-0.15, -0.1) is 0 Å². The van der Waals surface area contributed by atoms with Crippen molar-refractivity contribution >= 4 is 0 Å². The van der Waals surface area contributed by atoms with Gasteiger partial charge in [-0.2, -0.15) is 6.08 Å². The van der Waals surface area contributed by atoms with Crippen LogP contribution in [0.5, 0.6) is 0 Å². The molecule has 0 heterocycles. The second-order valence-electron chi connectivity index (χ2n) is 3.89. The molecule has 1 aliphatic carbocycles. The molecule has 1 aliphatic rings. The minimum Gasteiger partial charge on any atom is -0.361 e. The molecule has 1 atom stereocenters. The quantitative estimate of drug-likeness (QED) is 0.489. The molecule has 0 N–H and O–H groups in total. The van der Waals surface area contributed by atoms with Gasteiger partial charge in [-0.3, -0.25) is 12.2 Å². The first-order valence-corrected chi connectivity index (χ1v) is 5.21. The van der Waals surface area contributed by atoms with Gasteiger partial charge in [0.1, 0.15) is 0 Å². The number of aryl methyl sites for hydroxylation is 1. The van der Waals surface area contributed by atoms with Crippen LogP contribution in [0.4, 0.5) is 0 Å². The number of hydrogen-bond acceptors (Lipinski definition) is 0. The Labute approximate surface area is 110 Å². The van der Waals surface area contributed by atoms with Crippen LogP contribution in [-0.2, 0) is 0 Å². The zero-order chi connectivity index (χ0) is 10.7. The maximum atomic E-state index is 5.43. The zero-order valence-corrected chi connectivity index (χ0v) is 9.90. The maximum Gasteiger partial charge on any atom is 1.00 e. The third-order valence-corrected chi connectivity index (χ3v) is 2.73. The molecule has 0 fully saturated rings. The van der Waals surface area contributed by atoms with E-state index in [2.05, 4.69) is 49.4 Å². The summed E-state index contributed by atoms with van der Waals surface area (Å²) in [6, 6.07) is 8.67. The van der Waals surface area contributed by atoms with Gasteiger partial charge in [-0.25, -0.2) is 0 Å². The van der Waals surface area contributed by atoms with Gasteiger partial charge in [-0.1, -0.05) is 36.2 Å². The molecular formula is C15H14Li-. The molecule has 0 spiro atoms. The van der Waals surface area contributed by atoms with Crippen molar-refractivity contribution in [2.24, 2.45) is 0 Å². The predicted molar refractivity (Wildman–Crippen MR) is 63.3 cm³/mol. The van der Waals surface area contributed by atoms with Crippen molar-refractivity contribution in [2.45, 2.75) is 19.3 Å². The summed E-state index contributed by atoms with van der Waals surface area (Å²) in [4.78, 5) is 0. The van der Waals surface area contributed by atoms with E-state index in [1.807, 2.05) is 0 Å². The Hall–Kier alpha value is -0.963. The number of rotatable bonds is 2. The fourth-order valence-electron chi connectivity index (χ4n) is 1.74. The maximum absolute atomic E-state index is 5.43. The smallest absolute Gasteiger partial charge is 0.361 e. The van der Waals surface area contributed by atoms with Crippen molar-refractivity contribution in [2.75, 3.05) is 0 Å². The molecule has 16 heavy (non-hydrogen) atoms. The third kappa shape index (κ3) is 3.01. The molecule has 0 aliphatic heterocycles. The summed E-state index contributed by atoms with van der Waals surface area (Å²) >= 11 is 0. The van der Waals surface area contributed by atoms with Gasteiger partial charge in [0.2, 0.25) is 0 Å². The minimum atomic E-state index is 0. The summed E-state index contributed by atoms with van der Waals surface area (Å²) < 4.78 is 0. The monoisotopic (exact) mass is 201 g/mol. The fourth-order valence-corrected chi connectivity index (χ4v) is 1.74. The Bertz CT molecular complexity index is 410. The second kappa shape index (κ2) is 5.94. The molecule has 1 unspecified atom stereocenters. The van der Waals surface area contributed by atoms with Crippen molar-refractivity contribution < 1.29 is 18.9 Å². The molecule has 0 aromatic heterocycles. The van der Waals surface area contributed by atoms with Gasteiger partial charge in [0.05, 0.1) is 0 Å². The van der Waals surface area contributed by atoms with Crippen molar-refractivity contribution in [3.63, 3.8) is 0 Å². The summed E-state index contributed by atoms with van der Waals surface area (Å²) in [7, 11) is 0. The van der Waals surface area contributed by atoms with Crippen LogP contribution in [0, 0.1) is 19.6 Å². The van der Waals surface area contributed by atoms with E-state index in [9.17, 15) is 0 Å². The first-order chi connectivity index (χ1) is 7.29. The van der Waals surface area contributed by atoms with Crippen molar-refractivity contribution in [3.05, 3.63) is 71.8 Å². The molecule has 0 bridgehead atoms. The van der Waals surface area contributed by atoms with Crippen LogP contribution < -0.4 is 18.9 Å². The first kappa shape index (κ1) is 13.1. The van der Waals surface area contributed by atoms with E-state index in [-0.39, 0.29) is 18.9 Å². The van der Waals surface area contributed by atoms with Crippen molar-refractivity contribution in [1.82, 2.24) is 0 Å². The summed E-state index contributed by atoms with van der Waals surface area (Å²) in [5.74, 6) is 0.453. The normalized spacial score (nSPS) is 18.6. The van der Waals surface area contributed by atoms with Crippen LogP contribution in [0.3, 0.4) is 0 Å². The van der Waals surface area contributed by atoms with E-state index in [0.29, 0.717) is 5.92 Å². The van der Waals surface area contributed by atoms with Crippen molar-refractivity contribution in [3.8, 4) is 0 Å². The van der Waals surface area contributed by atoms with E-state index in [4.69, 9.17) is 6.58 Å². The SMILES string of the molecule is [CH-]=CC1=CCC(c2ccc(C)cc2)C=[C-]1.[Li+]. The van der Waals surface area contributed by atoms with E-state index < -0.39 is 0 Å². The molecular weight excluding hydrogens is 187 g/mol. The average Bonchev–Trinajstić information content (AvgIpc) is 2.30. The summed E-state index contributed by atoms with van der Waals surface area (Å²) in [5.41, 5.74) is 3.65. The van der Waals surface area contributed by atoms with Gasteiger partial charge in [0.15, 0.2) is 0 Å². The van der Waals surface area contributed by atoms with E-state index in [1.165, 1.54) is 11.1 Å². The zero-order valence-electron chi connectivity index (χ0n) is 9.90. The fraction of sp³-hybridized carbons (Fsp3) is 0.200. The van der Waals surface area contributed by atoms with Gasteiger partial charge >= 0.3 is 18.9 Å². The summed E-state index contributed by atoms with van der Waals surface area (Å²) in [6.07, 6.45) is 10.0. The predicted octanol–water partition coefficient (Wildman–Crippen LogP) is 0.761. The Kier molecular flexibility index (Phi) is 4.87. The summed E-state index contributed by atoms with van der Waals surface area (Å²) in [5, 5.41) is 0. The Morgan fingerprint density at radius 1 is 1.31 bits per heavy atom. The number of benzene rings is 1. The van der Waals surface area contributed by atoms with Gasteiger partial charge in [0, 0.05) is 0 Å². The molecule has 0 amide bonds. The van der Waals surface area contributed by atoms with Crippen LogP contribution >= 0.6 is 0 Å². The standard InChI is InChI=1S/C15H14.Li/c1-3-13-6-10-15(11-7-13)14-8-4-12(2)5-9-14;/h1,3-6,8-9,11,15H,10H2,2H3;/q-2;+1.